The molecule has 0 unspecified atom stereocenters. The second kappa shape index (κ2) is 5.04. The van der Waals surface area contributed by atoms with Crippen LogP contribution >= 0.6 is 0 Å². The van der Waals surface area contributed by atoms with Gasteiger partial charge in [-0.3, -0.25) is 9.59 Å². The summed E-state index contributed by atoms with van der Waals surface area (Å²) in [6, 6.07) is 6.38. The Hall–Kier alpha value is -1.98. The average Bonchev–Trinajstić information content (AvgIpc) is 2.18. The number of phenolic OH excluding ortho intramolecular Hbond substituents is 1. The molecular weight excluding hydrogens is 197 g/mol. The summed E-state index contributed by atoms with van der Waals surface area (Å²) in [4.78, 5) is 21.3. The number of carbonyl (C=O) groups excluding carboxylic acids is 1. The van der Waals surface area contributed by atoms with E-state index in [1.54, 1.807) is 18.2 Å². The van der Waals surface area contributed by atoms with E-state index in [9.17, 15) is 14.7 Å². The molecule has 77 valence electrons. The van der Waals surface area contributed by atoms with E-state index in [2.05, 4.69) is 5.23 Å². The highest BCUT2D eigenvalue weighted by molar-refractivity contribution is 6.71. The van der Waals surface area contributed by atoms with Crippen molar-refractivity contribution in [1.82, 2.24) is 5.23 Å². The van der Waals surface area contributed by atoms with Gasteiger partial charge in [-0.1, -0.05) is 18.2 Å². The summed E-state index contributed by atoms with van der Waals surface area (Å²) in [6.45, 7) is 0. The first-order valence-corrected chi connectivity index (χ1v) is 4.22. The third kappa shape index (κ3) is 3.72. The normalized spacial score (nSPS) is 9.33. The third-order valence-electron chi connectivity index (χ3n) is 1.70. The number of para-hydroxylation sites is 1. The molecule has 0 saturated heterocycles. The standard InChI is InChI=1S/C9H9BNO4/c12-7-4-2-1-3-6(7)5-8(13)11-10-9(14)15/h1-4,12H,5H2,(H,11,13)(H,14,15). The lowest BCUT2D eigenvalue weighted by Gasteiger charge is -2.03. The Balaban J connectivity index is 2.52. The summed E-state index contributed by atoms with van der Waals surface area (Å²) in [5, 5.41) is 19.7. The summed E-state index contributed by atoms with van der Waals surface area (Å²) in [5.41, 5.74) is 0.453. The lowest BCUT2D eigenvalue weighted by Crippen LogP contribution is -2.33. The van der Waals surface area contributed by atoms with Gasteiger partial charge >= 0.3 is 7.41 Å². The predicted octanol–water partition coefficient (Wildman–Crippen LogP) is 0.348. The molecule has 1 radical (unpaired) electrons. The number of amides is 1. The van der Waals surface area contributed by atoms with Crippen LogP contribution in [0.5, 0.6) is 5.75 Å². The highest BCUT2D eigenvalue weighted by Gasteiger charge is 2.09. The van der Waals surface area contributed by atoms with Crippen molar-refractivity contribution in [2.75, 3.05) is 0 Å². The molecule has 0 saturated carbocycles. The maximum absolute atomic E-state index is 11.2. The Bertz CT molecular complexity index is 380. The van der Waals surface area contributed by atoms with E-state index >= 15 is 0 Å². The van der Waals surface area contributed by atoms with E-state index in [4.69, 9.17) is 5.11 Å². The molecule has 15 heavy (non-hydrogen) atoms. The fourth-order valence-corrected chi connectivity index (χ4v) is 1.03. The molecule has 0 heterocycles. The van der Waals surface area contributed by atoms with Crippen molar-refractivity contribution < 1.29 is 19.8 Å². The van der Waals surface area contributed by atoms with Crippen LogP contribution in [0.3, 0.4) is 0 Å². The van der Waals surface area contributed by atoms with E-state index in [1.165, 1.54) is 6.07 Å². The number of hydrogen-bond acceptors (Lipinski definition) is 3. The molecule has 0 bridgehead atoms. The molecular formula is C9H9BNO4. The fourth-order valence-electron chi connectivity index (χ4n) is 1.03. The van der Waals surface area contributed by atoms with Crippen LogP contribution in [0.25, 0.3) is 0 Å². The first-order valence-electron chi connectivity index (χ1n) is 4.22. The third-order valence-corrected chi connectivity index (χ3v) is 1.70. The fraction of sp³-hybridized carbons (Fsp3) is 0.111. The molecule has 0 atom stereocenters. The number of phenols is 1. The summed E-state index contributed by atoms with van der Waals surface area (Å²) < 4.78 is 0. The monoisotopic (exact) mass is 206 g/mol. The smallest absolute Gasteiger partial charge is 0.392 e. The summed E-state index contributed by atoms with van der Waals surface area (Å²) in [6.07, 6.45) is -0.0591. The summed E-state index contributed by atoms with van der Waals surface area (Å²) in [7, 11) is 0.655. The molecule has 0 spiro atoms. The Morgan fingerprint density at radius 1 is 1.33 bits per heavy atom. The van der Waals surface area contributed by atoms with E-state index in [-0.39, 0.29) is 12.2 Å². The summed E-state index contributed by atoms with van der Waals surface area (Å²) in [5.74, 6) is -1.69. The van der Waals surface area contributed by atoms with E-state index in [0.29, 0.717) is 13.0 Å². The van der Waals surface area contributed by atoms with Crippen LogP contribution in [0.2, 0.25) is 0 Å². The van der Waals surface area contributed by atoms with Crippen LogP contribution in [0.1, 0.15) is 5.56 Å². The minimum Gasteiger partial charge on any atom is -0.508 e. The molecule has 1 aromatic carbocycles. The van der Waals surface area contributed by atoms with E-state index in [1.807, 2.05) is 0 Å². The second-order valence-corrected chi connectivity index (χ2v) is 2.86. The van der Waals surface area contributed by atoms with Crippen molar-refractivity contribution in [3.05, 3.63) is 29.8 Å². The zero-order valence-electron chi connectivity index (χ0n) is 7.80. The second-order valence-electron chi connectivity index (χ2n) is 2.86. The van der Waals surface area contributed by atoms with Crippen LogP contribution in [0.4, 0.5) is 4.79 Å². The van der Waals surface area contributed by atoms with E-state index in [0.717, 1.165) is 0 Å². The number of hydrogen-bond donors (Lipinski definition) is 3. The molecule has 3 N–H and O–H groups in total. The van der Waals surface area contributed by atoms with Crippen molar-refractivity contribution in [3.8, 4) is 5.75 Å². The Morgan fingerprint density at radius 3 is 2.60 bits per heavy atom. The average molecular weight is 206 g/mol. The van der Waals surface area contributed by atoms with Crippen LogP contribution < -0.4 is 5.23 Å². The molecule has 1 amide bonds. The van der Waals surface area contributed by atoms with Crippen LogP contribution in [-0.4, -0.2) is 29.4 Å². The van der Waals surface area contributed by atoms with Crippen LogP contribution in [0, 0.1) is 0 Å². The Morgan fingerprint density at radius 2 is 2.00 bits per heavy atom. The molecule has 0 aliphatic heterocycles. The number of aromatic hydroxyl groups is 1. The SMILES string of the molecule is O=C(O)[B]NC(=O)Cc1ccccc1O. The highest BCUT2D eigenvalue weighted by Crippen LogP contribution is 2.15. The lowest BCUT2D eigenvalue weighted by atomic mass is 9.95. The predicted molar refractivity (Wildman–Crippen MR) is 53.7 cm³/mol. The quantitative estimate of drug-likeness (QED) is 0.620. The first-order chi connectivity index (χ1) is 7.09. The maximum Gasteiger partial charge on any atom is 0.392 e. The summed E-state index contributed by atoms with van der Waals surface area (Å²) >= 11 is 0. The number of carbonyl (C=O) groups is 2. The molecule has 0 fully saturated rings. The van der Waals surface area contributed by atoms with Gasteiger partial charge in [0.2, 0.25) is 5.91 Å². The molecule has 0 aromatic heterocycles. The molecule has 0 aliphatic rings. The van der Waals surface area contributed by atoms with Crippen molar-refractivity contribution in [1.29, 1.82) is 0 Å². The van der Waals surface area contributed by atoms with Gasteiger partial charge in [-0.15, -0.1) is 0 Å². The van der Waals surface area contributed by atoms with E-state index < -0.39 is 11.8 Å². The van der Waals surface area contributed by atoms with Gasteiger partial charge in [0, 0.05) is 5.56 Å². The zero-order chi connectivity index (χ0) is 11.3. The van der Waals surface area contributed by atoms with Crippen molar-refractivity contribution in [3.63, 3.8) is 0 Å². The number of carboxylic acid groups (broad SMARTS) is 1. The number of benzene rings is 1. The number of rotatable bonds is 4. The van der Waals surface area contributed by atoms with Crippen LogP contribution in [0.15, 0.2) is 24.3 Å². The van der Waals surface area contributed by atoms with Gasteiger partial charge in [0.15, 0.2) is 0 Å². The lowest BCUT2D eigenvalue weighted by molar-refractivity contribution is -0.118. The number of nitrogens with one attached hydrogen (secondary N) is 1. The topological polar surface area (TPSA) is 86.6 Å². The van der Waals surface area contributed by atoms with Gasteiger partial charge in [-0.25, -0.2) is 0 Å². The van der Waals surface area contributed by atoms with Gasteiger partial charge in [0.05, 0.1) is 6.42 Å². The van der Waals surface area contributed by atoms with Crippen molar-refractivity contribution in [2.24, 2.45) is 0 Å². The minimum atomic E-state index is -1.22. The zero-order valence-corrected chi connectivity index (χ0v) is 7.80. The van der Waals surface area contributed by atoms with Gasteiger partial charge in [0.1, 0.15) is 5.75 Å². The van der Waals surface area contributed by atoms with Gasteiger partial charge in [-0.05, 0) is 6.07 Å². The largest absolute Gasteiger partial charge is 0.508 e. The van der Waals surface area contributed by atoms with Gasteiger partial charge in [-0.2, -0.15) is 0 Å². The molecule has 0 aliphatic carbocycles. The van der Waals surface area contributed by atoms with Crippen molar-refractivity contribution >= 4 is 19.2 Å². The minimum absolute atomic E-state index is 0.0166. The first kappa shape index (κ1) is 11.1. The van der Waals surface area contributed by atoms with Gasteiger partial charge in [0.25, 0.3) is 5.87 Å². The van der Waals surface area contributed by atoms with Crippen molar-refractivity contribution in [2.45, 2.75) is 6.42 Å². The highest BCUT2D eigenvalue weighted by atomic mass is 16.4. The molecule has 1 rings (SSSR count). The molecule has 5 nitrogen and oxygen atoms in total. The Kier molecular flexibility index (Phi) is 3.73. The van der Waals surface area contributed by atoms with Crippen LogP contribution in [-0.2, 0) is 11.2 Å². The Labute approximate surface area is 87.0 Å². The molecule has 6 heteroatoms. The molecule has 1 aromatic rings. The maximum atomic E-state index is 11.2. The van der Waals surface area contributed by atoms with Gasteiger partial charge < -0.3 is 15.4 Å².